The highest BCUT2D eigenvalue weighted by atomic mass is 16.2. The number of rotatable bonds is 2. The van der Waals surface area contributed by atoms with Gasteiger partial charge in [-0.3, -0.25) is 14.4 Å². The van der Waals surface area contributed by atoms with Gasteiger partial charge in [0.1, 0.15) is 0 Å². The van der Waals surface area contributed by atoms with Crippen LogP contribution in [-0.2, 0) is 14.4 Å². The molecule has 2 aliphatic heterocycles. The maximum atomic E-state index is 11.3. The molecular formula is C17H20N2O3. The van der Waals surface area contributed by atoms with Crippen molar-refractivity contribution in [2.24, 2.45) is 0 Å². The molecule has 0 bridgehead atoms. The Morgan fingerprint density at radius 2 is 1.64 bits per heavy atom. The van der Waals surface area contributed by atoms with Crippen LogP contribution in [0.2, 0.25) is 0 Å². The quantitative estimate of drug-likeness (QED) is 0.620. The minimum absolute atomic E-state index is 0.277. The van der Waals surface area contributed by atoms with Crippen LogP contribution in [0.25, 0.3) is 0 Å². The van der Waals surface area contributed by atoms with E-state index in [0.717, 1.165) is 30.0 Å². The Morgan fingerprint density at radius 1 is 1.00 bits per heavy atom. The average Bonchev–Trinajstić information content (AvgIpc) is 2.88. The van der Waals surface area contributed by atoms with Crippen LogP contribution in [-0.4, -0.2) is 36.2 Å². The van der Waals surface area contributed by atoms with Crippen LogP contribution in [0.15, 0.2) is 36.4 Å². The van der Waals surface area contributed by atoms with Gasteiger partial charge >= 0.3 is 0 Å². The second-order valence-electron chi connectivity index (χ2n) is 5.39. The molecule has 5 heteroatoms. The van der Waals surface area contributed by atoms with Crippen molar-refractivity contribution in [1.29, 1.82) is 0 Å². The molecule has 0 radical (unpaired) electrons. The third-order valence-corrected chi connectivity index (χ3v) is 3.61. The first kappa shape index (κ1) is 15.9. The van der Waals surface area contributed by atoms with Crippen molar-refractivity contribution in [3.05, 3.63) is 42.0 Å². The summed E-state index contributed by atoms with van der Waals surface area (Å²) in [4.78, 5) is 35.7. The highest BCUT2D eigenvalue weighted by Crippen LogP contribution is 2.19. The number of hydrogen-bond donors (Lipinski definition) is 0. The van der Waals surface area contributed by atoms with E-state index in [1.54, 1.807) is 6.07 Å². The third kappa shape index (κ3) is 4.04. The zero-order valence-electron chi connectivity index (χ0n) is 12.7. The zero-order chi connectivity index (χ0) is 15.9. The summed E-state index contributed by atoms with van der Waals surface area (Å²) in [7, 11) is 0. The highest BCUT2D eigenvalue weighted by Gasteiger charge is 2.24. The fourth-order valence-corrected chi connectivity index (χ4v) is 2.45. The van der Waals surface area contributed by atoms with E-state index in [2.05, 4.69) is 0 Å². The number of amides is 3. The minimum atomic E-state index is -0.277. The van der Waals surface area contributed by atoms with Crippen molar-refractivity contribution in [3.8, 4) is 0 Å². The lowest BCUT2D eigenvalue weighted by atomic mass is 10.1. The molecule has 3 amide bonds. The van der Waals surface area contributed by atoms with Gasteiger partial charge in [-0.05, 0) is 43.9 Å². The van der Waals surface area contributed by atoms with Crippen LogP contribution in [0.5, 0.6) is 0 Å². The molecule has 1 aromatic rings. The van der Waals surface area contributed by atoms with Gasteiger partial charge < -0.3 is 4.90 Å². The van der Waals surface area contributed by atoms with Gasteiger partial charge in [-0.2, -0.15) is 0 Å². The van der Waals surface area contributed by atoms with E-state index in [0.29, 0.717) is 5.69 Å². The molecule has 0 saturated carbocycles. The van der Waals surface area contributed by atoms with Gasteiger partial charge in [0.2, 0.25) is 6.41 Å². The molecule has 0 N–H and O–H groups in total. The Morgan fingerprint density at radius 3 is 2.14 bits per heavy atom. The van der Waals surface area contributed by atoms with Gasteiger partial charge in [-0.1, -0.05) is 12.1 Å². The van der Waals surface area contributed by atoms with Crippen molar-refractivity contribution in [2.75, 3.05) is 18.0 Å². The summed E-state index contributed by atoms with van der Waals surface area (Å²) in [6, 6.07) is 7.30. The predicted octanol–water partition coefficient (Wildman–Crippen LogP) is 2.05. The standard InChI is InChI=1S/C11H9NO2.C6H11NO/c1-8-3-2-4-9(7-8)12-10(13)5-6-11(12)14;8-6-7-4-2-1-3-5-7/h2-7H,1H3;6H,1-5H2. The van der Waals surface area contributed by atoms with Crippen molar-refractivity contribution in [2.45, 2.75) is 26.2 Å². The summed E-state index contributed by atoms with van der Waals surface area (Å²) >= 11 is 0. The van der Waals surface area contributed by atoms with Gasteiger partial charge in [0, 0.05) is 25.2 Å². The van der Waals surface area contributed by atoms with Crippen LogP contribution in [0.1, 0.15) is 24.8 Å². The summed E-state index contributed by atoms with van der Waals surface area (Å²) < 4.78 is 0. The smallest absolute Gasteiger partial charge is 0.258 e. The van der Waals surface area contributed by atoms with Crippen LogP contribution in [0.3, 0.4) is 0 Å². The summed E-state index contributed by atoms with van der Waals surface area (Å²) in [6.07, 6.45) is 7.19. The molecule has 2 aliphatic rings. The third-order valence-electron chi connectivity index (χ3n) is 3.61. The Balaban J connectivity index is 0.000000188. The lowest BCUT2D eigenvalue weighted by Crippen LogP contribution is -2.29. The molecule has 2 heterocycles. The van der Waals surface area contributed by atoms with Crippen LogP contribution < -0.4 is 4.90 Å². The number of imide groups is 1. The van der Waals surface area contributed by atoms with E-state index in [-0.39, 0.29) is 11.8 Å². The zero-order valence-corrected chi connectivity index (χ0v) is 12.7. The molecule has 0 aromatic heterocycles. The van der Waals surface area contributed by atoms with E-state index >= 15 is 0 Å². The van der Waals surface area contributed by atoms with E-state index in [1.807, 2.05) is 30.0 Å². The second-order valence-corrected chi connectivity index (χ2v) is 5.39. The number of nitrogens with zero attached hydrogens (tertiary/aromatic N) is 2. The largest absolute Gasteiger partial charge is 0.345 e. The van der Waals surface area contributed by atoms with E-state index in [9.17, 15) is 14.4 Å². The average molecular weight is 300 g/mol. The molecule has 1 saturated heterocycles. The van der Waals surface area contributed by atoms with Crippen LogP contribution in [0.4, 0.5) is 5.69 Å². The number of carbonyl (C=O) groups excluding carboxylic acids is 3. The summed E-state index contributed by atoms with van der Waals surface area (Å²) in [5, 5.41) is 0. The molecule has 5 nitrogen and oxygen atoms in total. The molecule has 116 valence electrons. The number of aryl methyl sites for hydroxylation is 1. The number of likely N-dealkylation sites (tertiary alicyclic amines) is 1. The van der Waals surface area contributed by atoms with Crippen molar-refractivity contribution < 1.29 is 14.4 Å². The monoisotopic (exact) mass is 300 g/mol. The highest BCUT2D eigenvalue weighted by molar-refractivity contribution is 6.28. The van der Waals surface area contributed by atoms with Crippen molar-refractivity contribution >= 4 is 23.9 Å². The fraction of sp³-hybridized carbons (Fsp3) is 0.353. The Hall–Kier alpha value is -2.43. The number of piperidine rings is 1. The maximum Gasteiger partial charge on any atom is 0.258 e. The van der Waals surface area contributed by atoms with Gasteiger partial charge in [0.15, 0.2) is 0 Å². The Labute approximate surface area is 130 Å². The number of carbonyl (C=O) groups is 3. The minimum Gasteiger partial charge on any atom is -0.345 e. The van der Waals surface area contributed by atoms with Crippen LogP contribution >= 0.6 is 0 Å². The molecule has 0 spiro atoms. The maximum absolute atomic E-state index is 11.3. The Bertz CT molecular complexity index is 571. The van der Waals surface area contributed by atoms with Crippen molar-refractivity contribution in [1.82, 2.24) is 4.90 Å². The van der Waals surface area contributed by atoms with E-state index in [1.165, 1.54) is 31.4 Å². The normalized spacial score (nSPS) is 17.3. The molecule has 22 heavy (non-hydrogen) atoms. The summed E-state index contributed by atoms with van der Waals surface area (Å²) in [5.41, 5.74) is 1.65. The van der Waals surface area contributed by atoms with E-state index in [4.69, 9.17) is 0 Å². The molecule has 3 rings (SSSR count). The molecular weight excluding hydrogens is 280 g/mol. The summed E-state index contributed by atoms with van der Waals surface area (Å²) in [6.45, 7) is 3.87. The summed E-state index contributed by atoms with van der Waals surface area (Å²) in [5.74, 6) is -0.554. The molecule has 0 atom stereocenters. The Kier molecular flexibility index (Phi) is 5.47. The number of anilines is 1. The van der Waals surface area contributed by atoms with Gasteiger partial charge in [0.25, 0.3) is 11.8 Å². The lowest BCUT2D eigenvalue weighted by Gasteiger charge is -2.21. The second kappa shape index (κ2) is 7.54. The lowest BCUT2D eigenvalue weighted by molar-refractivity contribution is -0.120. The fourth-order valence-electron chi connectivity index (χ4n) is 2.45. The SMILES string of the molecule is Cc1cccc(N2C(=O)C=CC2=O)c1.O=CN1CCCCC1. The van der Waals surface area contributed by atoms with Gasteiger partial charge in [-0.25, -0.2) is 4.90 Å². The van der Waals surface area contributed by atoms with Gasteiger partial charge in [-0.15, -0.1) is 0 Å². The molecule has 0 unspecified atom stereocenters. The molecule has 0 aliphatic carbocycles. The number of hydrogen-bond acceptors (Lipinski definition) is 3. The predicted molar refractivity (Wildman–Crippen MR) is 84.3 cm³/mol. The number of benzene rings is 1. The van der Waals surface area contributed by atoms with E-state index < -0.39 is 0 Å². The molecule has 1 fully saturated rings. The van der Waals surface area contributed by atoms with Gasteiger partial charge in [0.05, 0.1) is 5.69 Å². The first-order chi connectivity index (χ1) is 10.6. The first-order valence-electron chi connectivity index (χ1n) is 7.44. The topological polar surface area (TPSA) is 57.7 Å². The first-order valence-corrected chi connectivity index (χ1v) is 7.44. The van der Waals surface area contributed by atoms with Crippen molar-refractivity contribution in [3.63, 3.8) is 0 Å². The van der Waals surface area contributed by atoms with Crippen LogP contribution in [0, 0.1) is 6.92 Å². The molecule has 1 aromatic carbocycles.